The van der Waals surface area contributed by atoms with Crippen molar-refractivity contribution in [2.24, 2.45) is 11.7 Å². The van der Waals surface area contributed by atoms with Crippen molar-refractivity contribution >= 4 is 11.6 Å². The van der Waals surface area contributed by atoms with Gasteiger partial charge in [0.2, 0.25) is 5.91 Å². The van der Waals surface area contributed by atoms with Crippen LogP contribution in [0.5, 0.6) is 0 Å². The highest BCUT2D eigenvalue weighted by atomic mass is 16.1. The van der Waals surface area contributed by atoms with E-state index < -0.39 is 0 Å². The van der Waals surface area contributed by atoms with E-state index >= 15 is 0 Å². The Balaban J connectivity index is 2.72. The molecule has 0 saturated carbocycles. The fourth-order valence-electron chi connectivity index (χ4n) is 2.47. The first-order valence-electron chi connectivity index (χ1n) is 8.06. The SMILES string of the molecule is CCCC(CCC)C(=O)Nc1ccc(C(C)(C)CN)cc1. The van der Waals surface area contributed by atoms with E-state index in [4.69, 9.17) is 5.73 Å². The van der Waals surface area contributed by atoms with Crippen molar-refractivity contribution in [3.8, 4) is 0 Å². The third kappa shape index (κ3) is 5.16. The summed E-state index contributed by atoms with van der Waals surface area (Å²) in [4.78, 5) is 12.3. The monoisotopic (exact) mass is 290 g/mol. The summed E-state index contributed by atoms with van der Waals surface area (Å²) >= 11 is 0. The molecule has 1 aromatic rings. The molecule has 0 aliphatic heterocycles. The minimum Gasteiger partial charge on any atom is -0.330 e. The molecular formula is C18H30N2O. The van der Waals surface area contributed by atoms with Crippen molar-refractivity contribution in [1.29, 1.82) is 0 Å². The fraction of sp³-hybridized carbons (Fsp3) is 0.611. The first-order valence-corrected chi connectivity index (χ1v) is 8.06. The number of anilines is 1. The van der Waals surface area contributed by atoms with Gasteiger partial charge in [0.1, 0.15) is 0 Å². The van der Waals surface area contributed by atoms with Crippen molar-refractivity contribution in [3.05, 3.63) is 29.8 Å². The van der Waals surface area contributed by atoms with Crippen molar-refractivity contribution in [3.63, 3.8) is 0 Å². The molecule has 21 heavy (non-hydrogen) atoms. The normalized spacial score (nSPS) is 11.7. The number of nitrogens with one attached hydrogen (secondary N) is 1. The summed E-state index contributed by atoms with van der Waals surface area (Å²) in [6.07, 6.45) is 4.00. The average Bonchev–Trinajstić information content (AvgIpc) is 2.47. The minimum atomic E-state index is -0.0322. The summed E-state index contributed by atoms with van der Waals surface area (Å²) < 4.78 is 0. The molecule has 0 aliphatic carbocycles. The average molecular weight is 290 g/mol. The molecule has 0 heterocycles. The van der Waals surface area contributed by atoms with Crippen molar-refractivity contribution in [1.82, 2.24) is 0 Å². The molecular weight excluding hydrogens is 260 g/mol. The number of amides is 1. The van der Waals surface area contributed by atoms with E-state index in [0.717, 1.165) is 31.4 Å². The van der Waals surface area contributed by atoms with Crippen LogP contribution in [0.3, 0.4) is 0 Å². The van der Waals surface area contributed by atoms with Gasteiger partial charge in [-0.05, 0) is 30.5 Å². The summed E-state index contributed by atoms with van der Waals surface area (Å²) in [6, 6.07) is 8.05. The molecule has 1 amide bonds. The lowest BCUT2D eigenvalue weighted by molar-refractivity contribution is -0.120. The number of hydrogen-bond acceptors (Lipinski definition) is 2. The predicted octanol–water partition coefficient (Wildman–Crippen LogP) is 4.08. The summed E-state index contributed by atoms with van der Waals surface area (Å²) in [7, 11) is 0. The zero-order chi connectivity index (χ0) is 15.9. The Kier molecular flexibility index (Phi) is 6.90. The molecule has 0 spiro atoms. The molecule has 0 saturated heterocycles. The van der Waals surface area contributed by atoms with Crippen LogP contribution in [0, 0.1) is 5.92 Å². The summed E-state index contributed by atoms with van der Waals surface area (Å²) in [6.45, 7) is 9.10. The maximum absolute atomic E-state index is 12.3. The Morgan fingerprint density at radius 2 is 1.67 bits per heavy atom. The molecule has 3 N–H and O–H groups in total. The van der Waals surface area contributed by atoms with Crippen LogP contribution in [0.1, 0.15) is 58.9 Å². The molecule has 0 unspecified atom stereocenters. The number of rotatable bonds is 8. The Labute approximate surface area is 129 Å². The van der Waals surface area contributed by atoms with Crippen LogP contribution in [0.15, 0.2) is 24.3 Å². The van der Waals surface area contributed by atoms with Crippen molar-refractivity contribution in [2.45, 2.75) is 58.8 Å². The molecule has 0 fully saturated rings. The van der Waals surface area contributed by atoms with E-state index in [9.17, 15) is 4.79 Å². The maximum atomic E-state index is 12.3. The Morgan fingerprint density at radius 1 is 1.14 bits per heavy atom. The Bertz CT molecular complexity index is 431. The number of carbonyl (C=O) groups is 1. The molecule has 3 nitrogen and oxygen atoms in total. The van der Waals surface area contributed by atoms with Crippen LogP contribution >= 0.6 is 0 Å². The lowest BCUT2D eigenvalue weighted by atomic mass is 9.85. The molecule has 1 rings (SSSR count). The van der Waals surface area contributed by atoms with Gasteiger partial charge in [0.25, 0.3) is 0 Å². The highest BCUT2D eigenvalue weighted by Gasteiger charge is 2.19. The van der Waals surface area contributed by atoms with Gasteiger partial charge in [-0.3, -0.25) is 4.79 Å². The fourth-order valence-corrected chi connectivity index (χ4v) is 2.47. The summed E-state index contributed by atoms with van der Waals surface area (Å²) in [5, 5.41) is 3.04. The first-order chi connectivity index (χ1) is 9.94. The van der Waals surface area contributed by atoms with Crippen LogP contribution in [0.25, 0.3) is 0 Å². The van der Waals surface area contributed by atoms with Crippen LogP contribution in [0.2, 0.25) is 0 Å². The topological polar surface area (TPSA) is 55.1 Å². The van der Waals surface area contributed by atoms with E-state index in [1.807, 2.05) is 12.1 Å². The van der Waals surface area contributed by atoms with Gasteiger partial charge in [-0.25, -0.2) is 0 Å². The second-order valence-electron chi connectivity index (χ2n) is 6.43. The lowest BCUT2D eigenvalue weighted by Crippen LogP contribution is -2.28. The van der Waals surface area contributed by atoms with Crippen LogP contribution < -0.4 is 11.1 Å². The molecule has 1 aromatic carbocycles. The number of benzene rings is 1. The van der Waals surface area contributed by atoms with E-state index in [1.165, 1.54) is 5.56 Å². The lowest BCUT2D eigenvalue weighted by Gasteiger charge is -2.23. The summed E-state index contributed by atoms with van der Waals surface area (Å²) in [5.41, 5.74) is 7.83. The van der Waals surface area contributed by atoms with Gasteiger partial charge in [0, 0.05) is 23.6 Å². The second kappa shape index (κ2) is 8.18. The number of nitrogens with two attached hydrogens (primary N) is 1. The van der Waals surface area contributed by atoms with Crippen LogP contribution in [-0.4, -0.2) is 12.5 Å². The Morgan fingerprint density at radius 3 is 2.10 bits per heavy atom. The van der Waals surface area contributed by atoms with Crippen LogP contribution in [0.4, 0.5) is 5.69 Å². The van der Waals surface area contributed by atoms with E-state index in [-0.39, 0.29) is 17.2 Å². The third-order valence-corrected chi connectivity index (χ3v) is 4.09. The van der Waals surface area contributed by atoms with Gasteiger partial charge >= 0.3 is 0 Å². The van der Waals surface area contributed by atoms with E-state index in [1.54, 1.807) is 0 Å². The van der Waals surface area contributed by atoms with E-state index in [2.05, 4.69) is 45.1 Å². The third-order valence-electron chi connectivity index (χ3n) is 4.09. The molecule has 0 aromatic heterocycles. The standard InChI is InChI=1S/C18H30N2O/c1-5-7-14(8-6-2)17(21)20-16-11-9-15(10-12-16)18(3,4)13-19/h9-12,14H,5-8,13,19H2,1-4H3,(H,20,21). The molecule has 0 radical (unpaired) electrons. The highest BCUT2D eigenvalue weighted by molar-refractivity contribution is 5.92. The van der Waals surface area contributed by atoms with Crippen molar-refractivity contribution in [2.75, 3.05) is 11.9 Å². The maximum Gasteiger partial charge on any atom is 0.227 e. The quantitative estimate of drug-likeness (QED) is 0.758. The van der Waals surface area contributed by atoms with Crippen LogP contribution in [-0.2, 0) is 10.2 Å². The molecule has 0 aliphatic rings. The van der Waals surface area contributed by atoms with Gasteiger partial charge in [0.15, 0.2) is 0 Å². The van der Waals surface area contributed by atoms with Gasteiger partial charge in [-0.1, -0.05) is 52.7 Å². The molecule has 0 bridgehead atoms. The molecule has 3 heteroatoms. The molecule has 118 valence electrons. The van der Waals surface area contributed by atoms with Crippen molar-refractivity contribution < 1.29 is 4.79 Å². The zero-order valence-corrected chi connectivity index (χ0v) is 13.9. The predicted molar refractivity (Wildman–Crippen MR) is 90.5 cm³/mol. The smallest absolute Gasteiger partial charge is 0.227 e. The zero-order valence-electron chi connectivity index (χ0n) is 13.9. The second-order valence-corrected chi connectivity index (χ2v) is 6.43. The van der Waals surface area contributed by atoms with Gasteiger partial charge in [-0.15, -0.1) is 0 Å². The molecule has 0 atom stereocenters. The van der Waals surface area contributed by atoms with E-state index in [0.29, 0.717) is 6.54 Å². The summed E-state index contributed by atoms with van der Waals surface area (Å²) in [5.74, 6) is 0.268. The Hall–Kier alpha value is -1.35. The minimum absolute atomic E-state index is 0.0322. The first kappa shape index (κ1) is 17.7. The largest absolute Gasteiger partial charge is 0.330 e. The highest BCUT2D eigenvalue weighted by Crippen LogP contribution is 2.24. The number of carbonyl (C=O) groups excluding carboxylic acids is 1. The van der Waals surface area contributed by atoms with Gasteiger partial charge < -0.3 is 11.1 Å². The van der Waals surface area contributed by atoms with Gasteiger partial charge in [0.05, 0.1) is 0 Å². The van der Waals surface area contributed by atoms with Gasteiger partial charge in [-0.2, -0.15) is 0 Å². The number of hydrogen-bond donors (Lipinski definition) is 2.